The maximum Gasteiger partial charge on any atom is 0.220 e. The topological polar surface area (TPSA) is 80.0 Å². The van der Waals surface area contributed by atoms with E-state index in [-0.39, 0.29) is 11.4 Å². The first-order valence-electron chi connectivity index (χ1n) is 8.53. The molecule has 0 amide bonds. The fourth-order valence-electron chi connectivity index (χ4n) is 3.62. The molecule has 0 aromatic heterocycles. The summed E-state index contributed by atoms with van der Waals surface area (Å²) in [7, 11) is 0. The van der Waals surface area contributed by atoms with Gasteiger partial charge in [0.15, 0.2) is 0 Å². The standard InChI is InChI=1S/C18H26ClN5/c1-17(2,3)12-7-8-13(19)14(11-12)24-16(21)22-15(20)23-18(24)9-5-4-6-10-18/h7-8,11H,4-6,9-10H2,1-3H3,(H4,20,21,22,23). The Balaban J connectivity index is 2.14. The van der Waals surface area contributed by atoms with Gasteiger partial charge in [-0.3, -0.25) is 4.90 Å². The number of rotatable bonds is 1. The second kappa shape index (κ2) is 5.96. The highest BCUT2D eigenvalue weighted by molar-refractivity contribution is 6.34. The van der Waals surface area contributed by atoms with Gasteiger partial charge in [-0.1, -0.05) is 44.9 Å². The molecular formula is C18H26ClN5. The number of nitrogens with two attached hydrogens (primary N) is 2. The molecule has 0 radical (unpaired) electrons. The Hall–Kier alpha value is -1.75. The lowest BCUT2D eigenvalue weighted by atomic mass is 9.85. The Morgan fingerprint density at radius 1 is 1.12 bits per heavy atom. The summed E-state index contributed by atoms with van der Waals surface area (Å²) in [6.45, 7) is 6.54. The molecule has 0 bridgehead atoms. The summed E-state index contributed by atoms with van der Waals surface area (Å²) < 4.78 is 0. The van der Waals surface area contributed by atoms with E-state index in [9.17, 15) is 0 Å². The molecule has 1 aromatic carbocycles. The van der Waals surface area contributed by atoms with Crippen molar-refractivity contribution in [3.63, 3.8) is 0 Å². The lowest BCUT2D eigenvalue weighted by Crippen LogP contribution is -2.58. The van der Waals surface area contributed by atoms with Gasteiger partial charge < -0.3 is 11.5 Å². The van der Waals surface area contributed by atoms with Gasteiger partial charge in [0.05, 0.1) is 10.7 Å². The third-order valence-electron chi connectivity index (χ3n) is 4.90. The monoisotopic (exact) mass is 347 g/mol. The molecule has 1 aliphatic carbocycles. The molecule has 0 saturated heterocycles. The summed E-state index contributed by atoms with van der Waals surface area (Å²) in [5, 5.41) is 0.654. The van der Waals surface area contributed by atoms with Gasteiger partial charge in [-0.15, -0.1) is 0 Å². The molecule has 1 aromatic rings. The average molecular weight is 348 g/mol. The maximum absolute atomic E-state index is 6.55. The minimum Gasteiger partial charge on any atom is -0.369 e. The van der Waals surface area contributed by atoms with E-state index in [0.29, 0.717) is 11.0 Å². The molecule has 1 saturated carbocycles. The quantitative estimate of drug-likeness (QED) is 0.811. The fourth-order valence-corrected chi connectivity index (χ4v) is 3.82. The van der Waals surface area contributed by atoms with Crippen LogP contribution in [-0.2, 0) is 5.41 Å². The second-order valence-electron chi connectivity index (χ2n) is 7.73. The van der Waals surface area contributed by atoms with Gasteiger partial charge in [-0.25, -0.2) is 4.99 Å². The van der Waals surface area contributed by atoms with Crippen molar-refractivity contribution < 1.29 is 0 Å². The Bertz CT molecular complexity index is 696. The molecule has 4 N–H and O–H groups in total. The number of anilines is 1. The van der Waals surface area contributed by atoms with Crippen LogP contribution in [0.15, 0.2) is 28.2 Å². The van der Waals surface area contributed by atoms with E-state index >= 15 is 0 Å². The van der Waals surface area contributed by atoms with E-state index in [0.717, 1.165) is 31.4 Å². The molecular weight excluding hydrogens is 322 g/mol. The Kier molecular flexibility index (Phi) is 4.24. The number of hydrogen-bond donors (Lipinski definition) is 2. The summed E-state index contributed by atoms with van der Waals surface area (Å²) in [4.78, 5) is 10.9. The molecule has 2 aliphatic rings. The normalized spacial score (nSPS) is 20.8. The van der Waals surface area contributed by atoms with Crippen molar-refractivity contribution in [1.82, 2.24) is 0 Å². The van der Waals surface area contributed by atoms with Crippen molar-refractivity contribution in [2.75, 3.05) is 4.90 Å². The van der Waals surface area contributed by atoms with Crippen LogP contribution in [0.3, 0.4) is 0 Å². The fraction of sp³-hybridized carbons (Fsp3) is 0.556. The highest BCUT2D eigenvalue weighted by Crippen LogP contribution is 2.42. The van der Waals surface area contributed by atoms with E-state index in [1.807, 2.05) is 11.0 Å². The van der Waals surface area contributed by atoms with Crippen LogP contribution in [-0.4, -0.2) is 17.6 Å². The first kappa shape index (κ1) is 17.1. The zero-order valence-electron chi connectivity index (χ0n) is 14.6. The SMILES string of the molecule is CC(C)(C)c1ccc(Cl)c(N2C(N)=NC(N)=NC23CCCCC3)c1. The van der Waals surface area contributed by atoms with Crippen LogP contribution in [0.5, 0.6) is 0 Å². The minimum atomic E-state index is -0.464. The minimum absolute atomic E-state index is 0.0169. The van der Waals surface area contributed by atoms with E-state index in [1.165, 1.54) is 12.0 Å². The van der Waals surface area contributed by atoms with Crippen LogP contribution in [0.4, 0.5) is 5.69 Å². The van der Waals surface area contributed by atoms with E-state index in [1.54, 1.807) is 0 Å². The summed E-state index contributed by atoms with van der Waals surface area (Å²) >= 11 is 6.55. The summed E-state index contributed by atoms with van der Waals surface area (Å²) in [5.74, 6) is 0.631. The molecule has 5 nitrogen and oxygen atoms in total. The first-order valence-corrected chi connectivity index (χ1v) is 8.90. The summed E-state index contributed by atoms with van der Waals surface area (Å²) in [6.07, 6.45) is 5.20. The predicted octanol–water partition coefficient (Wildman–Crippen LogP) is 3.75. The molecule has 1 heterocycles. The molecule has 0 unspecified atom stereocenters. The third-order valence-corrected chi connectivity index (χ3v) is 5.22. The van der Waals surface area contributed by atoms with Gasteiger partial charge in [0.1, 0.15) is 5.66 Å². The van der Waals surface area contributed by atoms with Crippen molar-refractivity contribution >= 4 is 29.2 Å². The van der Waals surface area contributed by atoms with Gasteiger partial charge in [-0.2, -0.15) is 4.99 Å². The Labute approximate surface area is 148 Å². The van der Waals surface area contributed by atoms with Crippen molar-refractivity contribution in [2.24, 2.45) is 21.5 Å². The van der Waals surface area contributed by atoms with Gasteiger partial charge in [0.2, 0.25) is 11.9 Å². The molecule has 6 heteroatoms. The molecule has 1 spiro atoms. The van der Waals surface area contributed by atoms with Gasteiger partial charge in [0, 0.05) is 0 Å². The molecule has 130 valence electrons. The average Bonchev–Trinajstić information content (AvgIpc) is 2.48. The van der Waals surface area contributed by atoms with Gasteiger partial charge in [0.25, 0.3) is 0 Å². The maximum atomic E-state index is 6.55. The highest BCUT2D eigenvalue weighted by Gasteiger charge is 2.43. The van der Waals surface area contributed by atoms with Crippen LogP contribution in [0.1, 0.15) is 58.4 Å². The molecule has 24 heavy (non-hydrogen) atoms. The van der Waals surface area contributed by atoms with Gasteiger partial charge >= 0.3 is 0 Å². The molecule has 1 fully saturated rings. The first-order chi connectivity index (χ1) is 11.2. The van der Waals surface area contributed by atoms with E-state index in [4.69, 9.17) is 28.1 Å². The zero-order valence-corrected chi connectivity index (χ0v) is 15.4. The molecule has 0 atom stereocenters. The third kappa shape index (κ3) is 2.97. The number of guanidine groups is 2. The largest absolute Gasteiger partial charge is 0.369 e. The predicted molar refractivity (Wildman–Crippen MR) is 102 cm³/mol. The number of halogens is 1. The van der Waals surface area contributed by atoms with Crippen LogP contribution in [0.2, 0.25) is 5.02 Å². The van der Waals surface area contributed by atoms with Crippen molar-refractivity contribution in [3.8, 4) is 0 Å². The Morgan fingerprint density at radius 3 is 2.42 bits per heavy atom. The lowest BCUT2D eigenvalue weighted by molar-refractivity contribution is 0.305. The van der Waals surface area contributed by atoms with Crippen LogP contribution in [0.25, 0.3) is 0 Å². The number of nitrogens with zero attached hydrogens (tertiary/aromatic N) is 3. The van der Waals surface area contributed by atoms with Crippen molar-refractivity contribution in [2.45, 2.75) is 64.0 Å². The zero-order chi connectivity index (χ0) is 17.5. The lowest BCUT2D eigenvalue weighted by Gasteiger charge is -2.46. The van der Waals surface area contributed by atoms with Crippen LogP contribution >= 0.6 is 11.6 Å². The van der Waals surface area contributed by atoms with E-state index < -0.39 is 5.66 Å². The molecule has 1 aliphatic heterocycles. The van der Waals surface area contributed by atoms with Crippen LogP contribution in [0, 0.1) is 0 Å². The van der Waals surface area contributed by atoms with E-state index in [2.05, 4.69) is 37.9 Å². The van der Waals surface area contributed by atoms with Crippen molar-refractivity contribution in [3.05, 3.63) is 28.8 Å². The smallest absolute Gasteiger partial charge is 0.220 e. The number of aliphatic imine (C=N–C) groups is 2. The number of benzene rings is 1. The summed E-state index contributed by atoms with van der Waals surface area (Å²) in [6, 6.07) is 6.11. The highest BCUT2D eigenvalue weighted by atomic mass is 35.5. The van der Waals surface area contributed by atoms with Crippen molar-refractivity contribution in [1.29, 1.82) is 0 Å². The second-order valence-corrected chi connectivity index (χ2v) is 8.14. The van der Waals surface area contributed by atoms with Gasteiger partial charge in [-0.05, 0) is 48.8 Å². The summed E-state index contributed by atoms with van der Waals surface area (Å²) in [5.41, 5.74) is 13.8. The van der Waals surface area contributed by atoms with Crippen LogP contribution < -0.4 is 16.4 Å². The molecule has 3 rings (SSSR count). The number of hydrogen-bond acceptors (Lipinski definition) is 5. The Morgan fingerprint density at radius 2 is 1.79 bits per heavy atom.